The SMILES string of the molecule is CCCS(=O)(=O)NCc1ccc(/C=C/C(=O)O)cc1. The Kier molecular flexibility index (Phi) is 5.72. The molecule has 0 spiro atoms. The van der Waals surface area contributed by atoms with Crippen LogP contribution in [-0.4, -0.2) is 25.2 Å². The Morgan fingerprint density at radius 2 is 1.95 bits per heavy atom. The summed E-state index contributed by atoms with van der Waals surface area (Å²) in [5, 5.41) is 8.49. The molecule has 2 N–H and O–H groups in total. The van der Waals surface area contributed by atoms with Crippen molar-refractivity contribution in [1.82, 2.24) is 4.72 Å². The van der Waals surface area contributed by atoms with Crippen molar-refractivity contribution in [3.05, 3.63) is 41.5 Å². The van der Waals surface area contributed by atoms with Crippen LogP contribution in [0.3, 0.4) is 0 Å². The Bertz CT molecular complexity index is 547. The van der Waals surface area contributed by atoms with Crippen molar-refractivity contribution < 1.29 is 18.3 Å². The number of aliphatic carboxylic acids is 1. The van der Waals surface area contributed by atoms with Crippen LogP contribution in [0.4, 0.5) is 0 Å². The maximum absolute atomic E-state index is 11.5. The number of hydrogen-bond acceptors (Lipinski definition) is 3. The van der Waals surface area contributed by atoms with Gasteiger partial charge in [-0.3, -0.25) is 0 Å². The van der Waals surface area contributed by atoms with Crippen LogP contribution in [0.25, 0.3) is 6.08 Å². The number of benzene rings is 1. The standard InChI is InChI=1S/C13H17NO4S/c1-2-9-19(17,18)14-10-12-5-3-11(4-6-12)7-8-13(15)16/h3-8,14H,2,9-10H2,1H3,(H,15,16)/b8-7+. The molecule has 5 nitrogen and oxygen atoms in total. The lowest BCUT2D eigenvalue weighted by Gasteiger charge is -2.05. The number of carboxylic acids is 1. The zero-order chi connectivity index (χ0) is 14.3. The molecular weight excluding hydrogens is 266 g/mol. The Morgan fingerprint density at radius 3 is 2.47 bits per heavy atom. The largest absolute Gasteiger partial charge is 0.478 e. The Balaban J connectivity index is 2.60. The molecule has 0 saturated heterocycles. The zero-order valence-corrected chi connectivity index (χ0v) is 11.5. The van der Waals surface area contributed by atoms with E-state index in [2.05, 4.69) is 4.72 Å². The second kappa shape index (κ2) is 7.06. The third kappa shape index (κ3) is 6.17. The summed E-state index contributed by atoms with van der Waals surface area (Å²) in [6.07, 6.45) is 3.11. The summed E-state index contributed by atoms with van der Waals surface area (Å²) in [7, 11) is -3.20. The lowest BCUT2D eigenvalue weighted by atomic mass is 10.1. The van der Waals surface area contributed by atoms with Gasteiger partial charge in [-0.15, -0.1) is 0 Å². The fourth-order valence-electron chi connectivity index (χ4n) is 1.45. The fraction of sp³-hybridized carbons (Fsp3) is 0.308. The van der Waals surface area contributed by atoms with Gasteiger partial charge in [-0.05, 0) is 23.6 Å². The smallest absolute Gasteiger partial charge is 0.328 e. The summed E-state index contributed by atoms with van der Waals surface area (Å²) >= 11 is 0. The van der Waals surface area contributed by atoms with E-state index in [-0.39, 0.29) is 12.3 Å². The lowest BCUT2D eigenvalue weighted by Crippen LogP contribution is -2.25. The molecule has 0 aliphatic carbocycles. The predicted molar refractivity (Wildman–Crippen MR) is 74.0 cm³/mol. The topological polar surface area (TPSA) is 83.5 Å². The van der Waals surface area contributed by atoms with Crippen LogP contribution >= 0.6 is 0 Å². The van der Waals surface area contributed by atoms with Crippen molar-refractivity contribution in [1.29, 1.82) is 0 Å². The van der Waals surface area contributed by atoms with E-state index in [1.54, 1.807) is 24.3 Å². The third-order valence-corrected chi connectivity index (χ3v) is 3.90. The van der Waals surface area contributed by atoms with E-state index in [1.807, 2.05) is 6.92 Å². The molecule has 0 fully saturated rings. The number of carbonyl (C=O) groups is 1. The lowest BCUT2D eigenvalue weighted by molar-refractivity contribution is -0.131. The molecule has 0 bridgehead atoms. The summed E-state index contributed by atoms with van der Waals surface area (Å²) in [4.78, 5) is 10.4. The van der Waals surface area contributed by atoms with Crippen LogP contribution in [0.2, 0.25) is 0 Å². The fourth-order valence-corrected chi connectivity index (χ4v) is 2.52. The van der Waals surface area contributed by atoms with Gasteiger partial charge in [0, 0.05) is 12.6 Å². The van der Waals surface area contributed by atoms with E-state index >= 15 is 0 Å². The normalized spacial score (nSPS) is 11.8. The van der Waals surface area contributed by atoms with Crippen molar-refractivity contribution >= 4 is 22.1 Å². The first-order chi connectivity index (χ1) is 8.93. The molecule has 19 heavy (non-hydrogen) atoms. The Hall–Kier alpha value is -1.66. The molecule has 1 aromatic carbocycles. The van der Waals surface area contributed by atoms with Gasteiger partial charge in [0.2, 0.25) is 10.0 Å². The van der Waals surface area contributed by atoms with Gasteiger partial charge in [0.1, 0.15) is 0 Å². The van der Waals surface area contributed by atoms with E-state index in [1.165, 1.54) is 6.08 Å². The maximum atomic E-state index is 11.5. The molecule has 0 unspecified atom stereocenters. The summed E-state index contributed by atoms with van der Waals surface area (Å²) in [6, 6.07) is 7.00. The van der Waals surface area contributed by atoms with E-state index in [0.717, 1.165) is 17.2 Å². The molecule has 1 rings (SSSR count). The van der Waals surface area contributed by atoms with Crippen molar-refractivity contribution in [2.45, 2.75) is 19.9 Å². The van der Waals surface area contributed by atoms with Crippen LogP contribution in [-0.2, 0) is 21.4 Å². The Labute approximate surface area is 113 Å². The van der Waals surface area contributed by atoms with Crippen molar-refractivity contribution in [3.8, 4) is 0 Å². The molecule has 0 aliphatic heterocycles. The van der Waals surface area contributed by atoms with E-state index < -0.39 is 16.0 Å². The molecule has 0 radical (unpaired) electrons. The van der Waals surface area contributed by atoms with Crippen LogP contribution in [0.15, 0.2) is 30.3 Å². The third-order valence-electron chi connectivity index (χ3n) is 2.37. The molecule has 0 heterocycles. The van der Waals surface area contributed by atoms with Crippen molar-refractivity contribution in [2.75, 3.05) is 5.75 Å². The first-order valence-corrected chi connectivity index (χ1v) is 7.55. The summed E-state index contributed by atoms with van der Waals surface area (Å²) in [5.74, 6) is -0.886. The molecular formula is C13H17NO4S. The molecule has 0 amide bonds. The monoisotopic (exact) mass is 283 g/mol. The molecule has 0 saturated carbocycles. The number of nitrogens with one attached hydrogen (secondary N) is 1. The van der Waals surface area contributed by atoms with E-state index in [4.69, 9.17) is 5.11 Å². The van der Waals surface area contributed by atoms with Gasteiger partial charge in [-0.25, -0.2) is 17.9 Å². The second-order valence-electron chi connectivity index (χ2n) is 4.05. The van der Waals surface area contributed by atoms with Crippen LogP contribution < -0.4 is 4.72 Å². The molecule has 0 atom stereocenters. The number of sulfonamides is 1. The van der Waals surface area contributed by atoms with Crippen molar-refractivity contribution in [3.63, 3.8) is 0 Å². The molecule has 0 aliphatic rings. The molecule has 1 aromatic rings. The average Bonchev–Trinajstić information content (AvgIpc) is 2.35. The summed E-state index contributed by atoms with van der Waals surface area (Å²) < 4.78 is 25.4. The number of carboxylic acid groups (broad SMARTS) is 1. The van der Waals surface area contributed by atoms with Gasteiger partial charge in [0.25, 0.3) is 0 Å². The summed E-state index contributed by atoms with van der Waals surface area (Å²) in [5.41, 5.74) is 1.58. The maximum Gasteiger partial charge on any atom is 0.328 e. The predicted octanol–water partition coefficient (Wildman–Crippen LogP) is 1.61. The van der Waals surface area contributed by atoms with Crippen LogP contribution in [0.1, 0.15) is 24.5 Å². The minimum absolute atomic E-state index is 0.117. The van der Waals surface area contributed by atoms with E-state index in [9.17, 15) is 13.2 Å². The minimum Gasteiger partial charge on any atom is -0.478 e. The van der Waals surface area contributed by atoms with Gasteiger partial charge in [-0.2, -0.15) is 0 Å². The first kappa shape index (κ1) is 15.4. The highest BCUT2D eigenvalue weighted by Gasteiger charge is 2.07. The van der Waals surface area contributed by atoms with Crippen molar-refractivity contribution in [2.24, 2.45) is 0 Å². The van der Waals surface area contributed by atoms with Crippen LogP contribution in [0, 0.1) is 0 Å². The number of hydrogen-bond donors (Lipinski definition) is 2. The second-order valence-corrected chi connectivity index (χ2v) is 5.98. The zero-order valence-electron chi connectivity index (χ0n) is 10.7. The van der Waals surface area contributed by atoms with Gasteiger partial charge in [-0.1, -0.05) is 31.2 Å². The van der Waals surface area contributed by atoms with Gasteiger partial charge in [0.15, 0.2) is 0 Å². The quantitative estimate of drug-likeness (QED) is 0.745. The highest BCUT2D eigenvalue weighted by atomic mass is 32.2. The van der Waals surface area contributed by atoms with Gasteiger partial charge in [0.05, 0.1) is 5.75 Å². The van der Waals surface area contributed by atoms with E-state index in [0.29, 0.717) is 6.42 Å². The Morgan fingerprint density at radius 1 is 1.32 bits per heavy atom. The van der Waals surface area contributed by atoms with Crippen LogP contribution in [0.5, 0.6) is 0 Å². The first-order valence-electron chi connectivity index (χ1n) is 5.90. The highest BCUT2D eigenvalue weighted by molar-refractivity contribution is 7.89. The summed E-state index contributed by atoms with van der Waals surface area (Å²) in [6.45, 7) is 2.05. The molecule has 6 heteroatoms. The highest BCUT2D eigenvalue weighted by Crippen LogP contribution is 2.06. The number of rotatable bonds is 7. The van der Waals surface area contributed by atoms with Gasteiger partial charge < -0.3 is 5.11 Å². The molecule has 0 aromatic heterocycles. The van der Waals surface area contributed by atoms with Gasteiger partial charge >= 0.3 is 5.97 Å². The minimum atomic E-state index is -3.20. The average molecular weight is 283 g/mol. The molecule has 104 valence electrons.